The summed E-state index contributed by atoms with van der Waals surface area (Å²) in [7, 11) is 1.59. The standard InChI is InChI=1S/C29H31ClN2O6/c1-36-21-7-9-23(10-8-21)38-29(35)32-14-12-24-25-16-19(30)4-11-26(25)31-27(24)28(32)18-2-5-22(6-3-18)37-15-13-20(34)17-33/h2-11,16,20,25-26,28,31,33-34H,12-15,17H2,1H3/t20-,25?,26?,28-/m0/s1. The van der Waals surface area contributed by atoms with E-state index in [-0.39, 0.29) is 31.2 Å². The molecule has 1 aliphatic carbocycles. The number of aliphatic hydroxyl groups excluding tert-OH is 2. The number of rotatable bonds is 8. The van der Waals surface area contributed by atoms with E-state index < -0.39 is 12.2 Å². The Hall–Kier alpha value is -3.46. The molecule has 1 amide bonds. The molecule has 0 saturated heterocycles. The van der Waals surface area contributed by atoms with Crippen LogP contribution in [0.1, 0.15) is 24.4 Å². The predicted octanol–water partition coefficient (Wildman–Crippen LogP) is 4.30. The summed E-state index contributed by atoms with van der Waals surface area (Å²) in [4.78, 5) is 15.2. The SMILES string of the molecule is COc1ccc(OC(=O)N2CCC3=C(NC4C=CC(Cl)=CC34)[C@@H]2c2ccc(OCC[C@H](O)CO)cc2)cc1. The number of fused-ring (bicyclic) bond motifs is 2. The summed E-state index contributed by atoms with van der Waals surface area (Å²) in [6, 6.07) is 14.2. The number of allylic oxidation sites excluding steroid dienone is 2. The molecular weight excluding hydrogens is 508 g/mol. The van der Waals surface area contributed by atoms with E-state index >= 15 is 0 Å². The number of carbonyl (C=O) groups excluding carboxylic acids is 1. The molecule has 4 atom stereocenters. The third kappa shape index (κ3) is 5.53. The molecule has 2 aromatic carbocycles. The van der Waals surface area contributed by atoms with Crippen LogP contribution in [0.3, 0.4) is 0 Å². The molecular formula is C29H31ClN2O6. The summed E-state index contributed by atoms with van der Waals surface area (Å²) < 4.78 is 16.7. The molecule has 0 saturated carbocycles. The van der Waals surface area contributed by atoms with Gasteiger partial charge < -0.3 is 29.7 Å². The molecule has 0 bridgehead atoms. The van der Waals surface area contributed by atoms with Gasteiger partial charge >= 0.3 is 6.09 Å². The van der Waals surface area contributed by atoms with Crippen molar-refractivity contribution in [1.82, 2.24) is 10.2 Å². The van der Waals surface area contributed by atoms with Gasteiger partial charge in [0.15, 0.2) is 0 Å². The number of amides is 1. The van der Waals surface area contributed by atoms with Crippen LogP contribution in [0.2, 0.25) is 0 Å². The van der Waals surface area contributed by atoms with E-state index in [1.807, 2.05) is 30.3 Å². The fourth-order valence-corrected chi connectivity index (χ4v) is 5.34. The van der Waals surface area contributed by atoms with Crippen LogP contribution in [0, 0.1) is 5.92 Å². The number of nitrogens with one attached hydrogen (secondary N) is 1. The zero-order valence-electron chi connectivity index (χ0n) is 21.0. The first kappa shape index (κ1) is 26.2. The first-order chi connectivity index (χ1) is 18.5. The van der Waals surface area contributed by atoms with E-state index in [0.29, 0.717) is 41.7 Å². The van der Waals surface area contributed by atoms with E-state index in [4.69, 9.17) is 30.9 Å². The lowest BCUT2D eigenvalue weighted by atomic mass is 9.85. The lowest BCUT2D eigenvalue weighted by Gasteiger charge is -2.37. The molecule has 0 aromatic heterocycles. The molecule has 38 heavy (non-hydrogen) atoms. The number of nitrogens with zero attached hydrogens (tertiary/aromatic N) is 1. The molecule has 9 heteroatoms. The normalized spacial score (nSPS) is 22.7. The minimum atomic E-state index is -0.805. The van der Waals surface area contributed by atoms with Crippen LogP contribution in [0.4, 0.5) is 4.79 Å². The van der Waals surface area contributed by atoms with Gasteiger partial charge in [0.25, 0.3) is 0 Å². The molecule has 0 fully saturated rings. The van der Waals surface area contributed by atoms with Gasteiger partial charge in [0.1, 0.15) is 23.3 Å². The Bertz CT molecular complexity index is 1240. The van der Waals surface area contributed by atoms with Crippen molar-refractivity contribution in [2.24, 2.45) is 5.92 Å². The fraction of sp³-hybridized carbons (Fsp3) is 0.345. The van der Waals surface area contributed by atoms with Crippen molar-refractivity contribution in [1.29, 1.82) is 0 Å². The predicted molar refractivity (Wildman–Crippen MR) is 143 cm³/mol. The van der Waals surface area contributed by atoms with Crippen LogP contribution < -0.4 is 19.5 Å². The van der Waals surface area contributed by atoms with E-state index in [9.17, 15) is 9.90 Å². The minimum absolute atomic E-state index is 0.0862. The van der Waals surface area contributed by atoms with Crippen molar-refractivity contribution < 1.29 is 29.2 Å². The minimum Gasteiger partial charge on any atom is -0.497 e. The Balaban J connectivity index is 1.40. The van der Waals surface area contributed by atoms with E-state index in [1.54, 1.807) is 36.3 Å². The Morgan fingerprint density at radius 2 is 1.84 bits per heavy atom. The summed E-state index contributed by atoms with van der Waals surface area (Å²) in [5.41, 5.74) is 3.15. The topological polar surface area (TPSA) is 100 Å². The van der Waals surface area contributed by atoms with Gasteiger partial charge in [-0.25, -0.2) is 4.79 Å². The monoisotopic (exact) mass is 538 g/mol. The van der Waals surface area contributed by atoms with Crippen LogP contribution in [-0.4, -0.2) is 60.2 Å². The molecule has 3 N–H and O–H groups in total. The second kappa shape index (κ2) is 11.5. The Morgan fingerprint density at radius 3 is 2.55 bits per heavy atom. The van der Waals surface area contributed by atoms with E-state index in [0.717, 1.165) is 11.3 Å². The molecule has 200 valence electrons. The van der Waals surface area contributed by atoms with Gasteiger partial charge in [0.05, 0.1) is 32.5 Å². The van der Waals surface area contributed by atoms with Crippen molar-refractivity contribution >= 4 is 17.7 Å². The highest BCUT2D eigenvalue weighted by atomic mass is 35.5. The molecule has 8 nitrogen and oxygen atoms in total. The van der Waals surface area contributed by atoms with Crippen LogP contribution in [-0.2, 0) is 0 Å². The quantitative estimate of drug-likeness (QED) is 0.461. The zero-order chi connectivity index (χ0) is 26.6. The summed E-state index contributed by atoms with van der Waals surface area (Å²) in [6.45, 7) is 0.481. The van der Waals surface area contributed by atoms with Gasteiger partial charge in [-0.05, 0) is 60.0 Å². The van der Waals surface area contributed by atoms with Crippen LogP contribution in [0.15, 0.2) is 83.1 Å². The lowest BCUT2D eigenvalue weighted by molar-refractivity contribution is 0.0754. The van der Waals surface area contributed by atoms with Gasteiger partial charge in [0.2, 0.25) is 0 Å². The number of ether oxygens (including phenoxy) is 3. The highest BCUT2D eigenvalue weighted by Crippen LogP contribution is 2.45. The molecule has 2 heterocycles. The Labute approximate surface area is 226 Å². The first-order valence-electron chi connectivity index (χ1n) is 12.7. The third-order valence-corrected chi connectivity index (χ3v) is 7.34. The number of carbonyl (C=O) groups is 1. The van der Waals surface area contributed by atoms with E-state index in [2.05, 4.69) is 17.5 Å². The van der Waals surface area contributed by atoms with E-state index in [1.165, 1.54) is 5.57 Å². The van der Waals surface area contributed by atoms with Gasteiger partial charge in [-0.3, -0.25) is 4.90 Å². The maximum atomic E-state index is 13.5. The fourth-order valence-electron chi connectivity index (χ4n) is 5.13. The molecule has 0 radical (unpaired) electrons. The number of halogens is 1. The zero-order valence-corrected chi connectivity index (χ0v) is 21.8. The summed E-state index contributed by atoms with van der Waals surface area (Å²) in [5.74, 6) is 1.90. The van der Waals surface area contributed by atoms with Crippen LogP contribution >= 0.6 is 11.6 Å². The Kier molecular flexibility index (Phi) is 7.93. The molecule has 3 aliphatic rings. The van der Waals surface area contributed by atoms with Crippen LogP contribution in [0.5, 0.6) is 17.2 Å². The molecule has 2 aliphatic heterocycles. The number of methoxy groups -OCH3 is 1. The van der Waals surface area contributed by atoms with Gasteiger partial charge in [-0.1, -0.05) is 35.9 Å². The van der Waals surface area contributed by atoms with Crippen molar-refractivity contribution in [3.05, 3.63) is 88.6 Å². The number of benzene rings is 2. The maximum absolute atomic E-state index is 13.5. The van der Waals surface area contributed by atoms with Gasteiger partial charge in [0, 0.05) is 29.6 Å². The smallest absolute Gasteiger partial charge is 0.416 e. The third-order valence-electron chi connectivity index (χ3n) is 7.09. The van der Waals surface area contributed by atoms with Crippen molar-refractivity contribution in [3.63, 3.8) is 0 Å². The lowest BCUT2D eigenvalue weighted by Crippen LogP contribution is -2.43. The second-order valence-corrected chi connectivity index (χ2v) is 9.91. The maximum Gasteiger partial charge on any atom is 0.416 e. The average molecular weight is 539 g/mol. The van der Waals surface area contributed by atoms with Gasteiger partial charge in [-0.2, -0.15) is 0 Å². The van der Waals surface area contributed by atoms with Crippen molar-refractivity contribution in [3.8, 4) is 17.2 Å². The van der Waals surface area contributed by atoms with Crippen molar-refractivity contribution in [2.45, 2.75) is 31.0 Å². The highest BCUT2D eigenvalue weighted by Gasteiger charge is 2.43. The number of hydrogen-bond acceptors (Lipinski definition) is 7. The first-order valence-corrected chi connectivity index (χ1v) is 13.0. The number of hydrogen-bond donors (Lipinski definition) is 3. The summed E-state index contributed by atoms with van der Waals surface area (Å²) in [6.07, 6.45) is 5.84. The summed E-state index contributed by atoms with van der Waals surface area (Å²) in [5, 5.41) is 22.9. The molecule has 2 unspecified atom stereocenters. The average Bonchev–Trinajstić information content (AvgIpc) is 3.31. The van der Waals surface area contributed by atoms with Gasteiger partial charge in [-0.15, -0.1) is 0 Å². The molecule has 0 spiro atoms. The molecule has 5 rings (SSSR count). The van der Waals surface area contributed by atoms with Crippen LogP contribution in [0.25, 0.3) is 0 Å². The second-order valence-electron chi connectivity index (χ2n) is 9.48. The largest absolute Gasteiger partial charge is 0.497 e. The Morgan fingerprint density at radius 1 is 1.13 bits per heavy atom. The number of aliphatic hydroxyl groups is 2. The molecule has 2 aromatic rings. The van der Waals surface area contributed by atoms with Crippen molar-refractivity contribution in [2.75, 3.05) is 26.9 Å². The summed E-state index contributed by atoms with van der Waals surface area (Å²) >= 11 is 6.33. The highest BCUT2D eigenvalue weighted by molar-refractivity contribution is 6.31.